The Hall–Kier alpha value is -1.01. The van der Waals surface area contributed by atoms with Gasteiger partial charge in [-0.15, -0.1) is 0 Å². The SMILES string of the molecule is COC1(CNc2cc(C(F)(F)F)cc(Cl)n2)CCC1. The van der Waals surface area contributed by atoms with E-state index in [0.717, 1.165) is 31.4 Å². The lowest BCUT2D eigenvalue weighted by Gasteiger charge is -2.40. The van der Waals surface area contributed by atoms with Crippen LogP contribution in [0.4, 0.5) is 19.0 Å². The van der Waals surface area contributed by atoms with Gasteiger partial charge < -0.3 is 10.1 Å². The fourth-order valence-corrected chi connectivity index (χ4v) is 2.24. The summed E-state index contributed by atoms with van der Waals surface area (Å²) in [5.41, 5.74) is -1.10. The van der Waals surface area contributed by atoms with E-state index in [1.165, 1.54) is 0 Å². The van der Waals surface area contributed by atoms with Crippen LogP contribution in [-0.2, 0) is 10.9 Å². The van der Waals surface area contributed by atoms with Crippen LogP contribution in [0.3, 0.4) is 0 Å². The van der Waals surface area contributed by atoms with Crippen molar-refractivity contribution in [3.8, 4) is 0 Å². The second-order valence-corrected chi connectivity index (χ2v) is 5.04. The molecule has 0 unspecified atom stereocenters. The maximum atomic E-state index is 12.6. The first-order valence-electron chi connectivity index (χ1n) is 5.88. The number of hydrogen-bond donors (Lipinski definition) is 1. The molecule has 1 aromatic rings. The van der Waals surface area contributed by atoms with Gasteiger partial charge in [0, 0.05) is 13.7 Å². The fraction of sp³-hybridized carbons (Fsp3) is 0.583. The van der Waals surface area contributed by atoms with Gasteiger partial charge in [0.1, 0.15) is 11.0 Å². The third-order valence-corrected chi connectivity index (χ3v) is 3.60. The molecular formula is C12H14ClF3N2O. The summed E-state index contributed by atoms with van der Waals surface area (Å²) in [5, 5.41) is 2.69. The summed E-state index contributed by atoms with van der Waals surface area (Å²) in [6.45, 7) is 0.425. The van der Waals surface area contributed by atoms with E-state index in [9.17, 15) is 13.2 Å². The van der Waals surface area contributed by atoms with Gasteiger partial charge in [-0.25, -0.2) is 4.98 Å². The first-order chi connectivity index (χ1) is 8.85. The molecule has 1 aliphatic rings. The van der Waals surface area contributed by atoms with Crippen molar-refractivity contribution in [3.05, 3.63) is 22.8 Å². The van der Waals surface area contributed by atoms with Crippen molar-refractivity contribution < 1.29 is 17.9 Å². The van der Waals surface area contributed by atoms with E-state index in [4.69, 9.17) is 16.3 Å². The standard InChI is InChI=1S/C12H14ClF3N2O/c1-19-11(3-2-4-11)7-17-10-6-8(12(14,15)16)5-9(13)18-10/h5-6H,2-4,7H2,1H3,(H,17,18). The minimum Gasteiger partial charge on any atom is -0.376 e. The third-order valence-electron chi connectivity index (χ3n) is 3.41. The minimum absolute atomic E-state index is 0.114. The lowest BCUT2D eigenvalue weighted by Crippen LogP contribution is -2.45. The molecule has 0 amide bonds. The van der Waals surface area contributed by atoms with Crippen LogP contribution >= 0.6 is 11.6 Å². The highest BCUT2D eigenvalue weighted by Crippen LogP contribution is 2.36. The molecule has 106 valence electrons. The van der Waals surface area contributed by atoms with Gasteiger partial charge in [0.15, 0.2) is 0 Å². The number of halogens is 4. The summed E-state index contributed by atoms with van der Waals surface area (Å²) in [6, 6.07) is 1.76. The number of alkyl halides is 3. The van der Waals surface area contributed by atoms with Crippen LogP contribution in [0.15, 0.2) is 12.1 Å². The number of hydrogen-bond acceptors (Lipinski definition) is 3. The molecular weight excluding hydrogens is 281 g/mol. The highest BCUT2D eigenvalue weighted by atomic mass is 35.5. The van der Waals surface area contributed by atoms with Crippen LogP contribution in [0.2, 0.25) is 5.15 Å². The van der Waals surface area contributed by atoms with Gasteiger partial charge in [0.25, 0.3) is 0 Å². The largest absolute Gasteiger partial charge is 0.416 e. The second-order valence-electron chi connectivity index (χ2n) is 4.66. The molecule has 0 atom stereocenters. The Balaban J connectivity index is 2.10. The molecule has 3 nitrogen and oxygen atoms in total. The lowest BCUT2D eigenvalue weighted by molar-refractivity contribution is -0.137. The topological polar surface area (TPSA) is 34.1 Å². The van der Waals surface area contributed by atoms with Crippen molar-refractivity contribution in [2.75, 3.05) is 19.0 Å². The van der Waals surface area contributed by atoms with Crippen LogP contribution in [-0.4, -0.2) is 24.2 Å². The second kappa shape index (κ2) is 5.17. The van der Waals surface area contributed by atoms with E-state index in [1.807, 2.05) is 0 Å². The summed E-state index contributed by atoms with van der Waals surface area (Å²) in [6.07, 6.45) is -1.59. The molecule has 0 bridgehead atoms. The van der Waals surface area contributed by atoms with Gasteiger partial charge in [0.2, 0.25) is 0 Å². The molecule has 0 aliphatic heterocycles. The summed E-state index contributed by atoms with van der Waals surface area (Å²) >= 11 is 5.61. The summed E-state index contributed by atoms with van der Waals surface area (Å²) in [4.78, 5) is 3.84. The molecule has 1 saturated carbocycles. The highest BCUT2D eigenvalue weighted by Gasteiger charge is 2.37. The summed E-state index contributed by atoms with van der Waals surface area (Å²) in [7, 11) is 1.60. The molecule has 7 heteroatoms. The maximum absolute atomic E-state index is 12.6. The van der Waals surface area contributed by atoms with Gasteiger partial charge in [0.05, 0.1) is 11.2 Å². The van der Waals surface area contributed by atoms with E-state index in [1.54, 1.807) is 7.11 Å². The zero-order valence-electron chi connectivity index (χ0n) is 10.4. The Morgan fingerprint density at radius 2 is 2.11 bits per heavy atom. The number of rotatable bonds is 4. The molecule has 1 heterocycles. The number of anilines is 1. The number of aromatic nitrogens is 1. The van der Waals surface area contributed by atoms with Crippen molar-refractivity contribution in [1.29, 1.82) is 0 Å². The van der Waals surface area contributed by atoms with Crippen LogP contribution in [0.5, 0.6) is 0 Å². The average molecular weight is 295 g/mol. The smallest absolute Gasteiger partial charge is 0.376 e. The zero-order valence-corrected chi connectivity index (χ0v) is 11.1. The maximum Gasteiger partial charge on any atom is 0.416 e. The number of methoxy groups -OCH3 is 1. The van der Waals surface area contributed by atoms with E-state index >= 15 is 0 Å². The molecule has 0 aromatic carbocycles. The summed E-state index contributed by atoms with van der Waals surface area (Å²) < 4.78 is 43.3. The molecule has 2 rings (SSSR count). The van der Waals surface area contributed by atoms with Crippen LogP contribution in [0, 0.1) is 0 Å². The number of pyridine rings is 1. The first kappa shape index (κ1) is 14.4. The molecule has 0 spiro atoms. The van der Waals surface area contributed by atoms with E-state index in [0.29, 0.717) is 6.54 Å². The lowest BCUT2D eigenvalue weighted by atomic mass is 9.80. The number of nitrogens with one attached hydrogen (secondary N) is 1. The number of ether oxygens (including phenoxy) is 1. The predicted octanol–water partition coefficient (Wildman–Crippen LogP) is 3.73. The van der Waals surface area contributed by atoms with Crippen molar-refractivity contribution in [2.24, 2.45) is 0 Å². The predicted molar refractivity (Wildman–Crippen MR) is 66.3 cm³/mol. The Morgan fingerprint density at radius 3 is 2.58 bits per heavy atom. The van der Waals surface area contributed by atoms with E-state index in [2.05, 4.69) is 10.3 Å². The molecule has 1 aliphatic carbocycles. The van der Waals surface area contributed by atoms with Gasteiger partial charge >= 0.3 is 6.18 Å². The fourth-order valence-electron chi connectivity index (χ4n) is 2.03. The quantitative estimate of drug-likeness (QED) is 0.859. The molecule has 1 fully saturated rings. The Bertz CT molecular complexity index is 455. The minimum atomic E-state index is -4.43. The van der Waals surface area contributed by atoms with Crippen LogP contribution in [0.25, 0.3) is 0 Å². The third kappa shape index (κ3) is 3.30. The van der Waals surface area contributed by atoms with E-state index in [-0.39, 0.29) is 16.6 Å². The van der Waals surface area contributed by atoms with Gasteiger partial charge in [-0.05, 0) is 31.4 Å². The normalized spacial score (nSPS) is 17.9. The first-order valence-corrected chi connectivity index (χ1v) is 6.26. The molecule has 1 N–H and O–H groups in total. The average Bonchev–Trinajstić information content (AvgIpc) is 2.26. The van der Waals surface area contributed by atoms with Crippen molar-refractivity contribution in [3.63, 3.8) is 0 Å². The molecule has 0 radical (unpaired) electrons. The van der Waals surface area contributed by atoms with Crippen molar-refractivity contribution in [2.45, 2.75) is 31.0 Å². The molecule has 1 aromatic heterocycles. The summed E-state index contributed by atoms with van der Waals surface area (Å²) in [5.74, 6) is 0.114. The van der Waals surface area contributed by atoms with Crippen molar-refractivity contribution >= 4 is 17.4 Å². The Kier molecular flexibility index (Phi) is 3.92. The number of nitrogens with zero attached hydrogens (tertiary/aromatic N) is 1. The van der Waals surface area contributed by atoms with Crippen LogP contribution in [0.1, 0.15) is 24.8 Å². The molecule has 0 saturated heterocycles. The zero-order chi connectivity index (χ0) is 14.1. The Labute approximate surface area is 114 Å². The molecule has 19 heavy (non-hydrogen) atoms. The van der Waals surface area contributed by atoms with Gasteiger partial charge in [-0.3, -0.25) is 0 Å². The van der Waals surface area contributed by atoms with Gasteiger partial charge in [-0.2, -0.15) is 13.2 Å². The highest BCUT2D eigenvalue weighted by molar-refractivity contribution is 6.29. The van der Waals surface area contributed by atoms with Crippen LogP contribution < -0.4 is 5.32 Å². The van der Waals surface area contributed by atoms with Crippen molar-refractivity contribution in [1.82, 2.24) is 4.98 Å². The van der Waals surface area contributed by atoms with E-state index < -0.39 is 11.7 Å². The Morgan fingerprint density at radius 1 is 1.42 bits per heavy atom. The monoisotopic (exact) mass is 294 g/mol. The van der Waals surface area contributed by atoms with Gasteiger partial charge in [-0.1, -0.05) is 11.6 Å².